The van der Waals surface area contributed by atoms with Crippen molar-refractivity contribution in [2.45, 2.75) is 6.54 Å². The van der Waals surface area contributed by atoms with Gasteiger partial charge in [-0.05, 0) is 17.7 Å². The van der Waals surface area contributed by atoms with Crippen molar-refractivity contribution in [2.75, 3.05) is 11.5 Å². The number of benzene rings is 1. The van der Waals surface area contributed by atoms with E-state index in [9.17, 15) is 8.42 Å². The molecule has 1 aromatic rings. The van der Waals surface area contributed by atoms with Crippen molar-refractivity contribution in [3.8, 4) is 11.5 Å². The number of hydrogen-bond donors (Lipinski definition) is 1. The maximum absolute atomic E-state index is 11.2. The molecule has 0 radical (unpaired) electrons. The Morgan fingerprint density at radius 2 is 2.06 bits per heavy atom. The van der Waals surface area contributed by atoms with Crippen LogP contribution in [0.3, 0.4) is 0 Å². The first-order valence-electron chi connectivity index (χ1n) is 4.52. The molecule has 0 atom stereocenters. The van der Waals surface area contributed by atoms with E-state index in [1.54, 1.807) is 18.2 Å². The van der Waals surface area contributed by atoms with Crippen LogP contribution in [-0.2, 0) is 16.6 Å². The van der Waals surface area contributed by atoms with Crippen LogP contribution in [0.1, 0.15) is 5.56 Å². The Morgan fingerprint density at radius 3 is 2.81 bits per heavy atom. The highest BCUT2D eigenvalue weighted by molar-refractivity contribution is 9.10. The van der Waals surface area contributed by atoms with Crippen molar-refractivity contribution in [3.05, 3.63) is 23.8 Å². The predicted octanol–water partition coefficient (Wildman–Crippen LogP) is 1.19. The molecule has 1 aliphatic heterocycles. The summed E-state index contributed by atoms with van der Waals surface area (Å²) >= 11 is 2.90. The van der Waals surface area contributed by atoms with Gasteiger partial charge in [0.2, 0.25) is 16.8 Å². The Morgan fingerprint density at radius 1 is 1.31 bits per heavy atom. The number of nitrogens with one attached hydrogen (secondary N) is 1. The van der Waals surface area contributed by atoms with E-state index in [2.05, 4.69) is 20.7 Å². The summed E-state index contributed by atoms with van der Waals surface area (Å²) in [4.78, 5) is 0. The minimum atomic E-state index is -3.24. The van der Waals surface area contributed by atoms with Crippen molar-refractivity contribution >= 4 is 26.0 Å². The van der Waals surface area contributed by atoms with Gasteiger partial charge in [0.1, 0.15) is 4.66 Å². The van der Waals surface area contributed by atoms with Crippen molar-refractivity contribution in [2.24, 2.45) is 0 Å². The highest BCUT2D eigenvalue weighted by Crippen LogP contribution is 2.32. The molecule has 0 aromatic heterocycles. The molecule has 0 amide bonds. The molecule has 0 bridgehead atoms. The van der Waals surface area contributed by atoms with E-state index in [1.165, 1.54) is 0 Å². The molecule has 1 N–H and O–H groups in total. The lowest BCUT2D eigenvalue weighted by molar-refractivity contribution is 0.174. The van der Waals surface area contributed by atoms with E-state index >= 15 is 0 Å². The third kappa shape index (κ3) is 2.66. The molecular weight excluding hydrogens is 298 g/mol. The number of halogens is 1. The minimum absolute atomic E-state index is 0.107. The zero-order chi connectivity index (χ0) is 11.6. The topological polar surface area (TPSA) is 64.6 Å². The van der Waals surface area contributed by atoms with Crippen LogP contribution >= 0.6 is 15.9 Å². The second kappa shape index (κ2) is 4.60. The number of sulfonamides is 1. The number of ether oxygens (including phenoxy) is 2. The highest BCUT2D eigenvalue weighted by atomic mass is 79.9. The maximum atomic E-state index is 11.2. The van der Waals surface area contributed by atoms with Gasteiger partial charge in [-0.2, -0.15) is 0 Å². The Balaban J connectivity index is 2.06. The maximum Gasteiger partial charge on any atom is 0.231 e. The fourth-order valence-corrected chi connectivity index (χ4v) is 2.23. The molecule has 5 nitrogen and oxygen atoms in total. The Hall–Kier alpha value is -0.790. The molecule has 1 heterocycles. The van der Waals surface area contributed by atoms with Crippen molar-refractivity contribution in [3.63, 3.8) is 0 Å². The van der Waals surface area contributed by atoms with Crippen LogP contribution < -0.4 is 14.2 Å². The van der Waals surface area contributed by atoms with Crippen LogP contribution in [0.2, 0.25) is 0 Å². The average Bonchev–Trinajstić information content (AvgIpc) is 2.73. The molecule has 7 heteroatoms. The van der Waals surface area contributed by atoms with Gasteiger partial charge in [0.05, 0.1) is 0 Å². The van der Waals surface area contributed by atoms with Crippen molar-refractivity contribution < 1.29 is 17.9 Å². The minimum Gasteiger partial charge on any atom is -0.454 e. The first-order valence-corrected chi connectivity index (χ1v) is 7.30. The van der Waals surface area contributed by atoms with E-state index < -0.39 is 10.0 Å². The van der Waals surface area contributed by atoms with Crippen LogP contribution in [0.5, 0.6) is 11.5 Å². The summed E-state index contributed by atoms with van der Waals surface area (Å²) in [6, 6.07) is 5.32. The van der Waals surface area contributed by atoms with Crippen molar-refractivity contribution in [1.82, 2.24) is 4.72 Å². The molecule has 2 rings (SSSR count). The number of rotatable bonds is 4. The third-order valence-corrected chi connectivity index (χ3v) is 4.76. The van der Waals surface area contributed by atoms with Gasteiger partial charge in [0.25, 0.3) is 0 Å². The molecule has 1 aliphatic rings. The van der Waals surface area contributed by atoms with E-state index in [-0.39, 0.29) is 18.0 Å². The molecule has 0 spiro atoms. The summed E-state index contributed by atoms with van der Waals surface area (Å²) in [6.45, 7) is 0.455. The van der Waals surface area contributed by atoms with Gasteiger partial charge in [-0.3, -0.25) is 0 Å². The number of alkyl halides is 1. The zero-order valence-corrected chi connectivity index (χ0v) is 10.7. The summed E-state index contributed by atoms with van der Waals surface area (Å²) in [6.07, 6.45) is 0. The lowest BCUT2D eigenvalue weighted by Crippen LogP contribution is -2.23. The van der Waals surface area contributed by atoms with Crippen LogP contribution in [0.4, 0.5) is 0 Å². The standard InChI is InChI=1S/C9H10BrNO4S/c10-5-16(12,13)11-4-7-1-2-8-9(3-7)15-6-14-8/h1-3,11H,4-6H2. The summed E-state index contributed by atoms with van der Waals surface area (Å²) in [5.74, 6) is 1.34. The molecule has 0 saturated heterocycles. The molecular formula is C9H10BrNO4S. The number of hydrogen-bond acceptors (Lipinski definition) is 4. The largest absolute Gasteiger partial charge is 0.454 e. The molecule has 1 aromatic carbocycles. The summed E-state index contributed by atoms with van der Waals surface area (Å²) in [5, 5.41) is 0. The van der Waals surface area contributed by atoms with Gasteiger partial charge < -0.3 is 9.47 Å². The predicted molar refractivity (Wildman–Crippen MR) is 62.1 cm³/mol. The van der Waals surface area contributed by atoms with Gasteiger partial charge in [-0.15, -0.1) is 0 Å². The number of fused-ring (bicyclic) bond motifs is 1. The van der Waals surface area contributed by atoms with Crippen LogP contribution in [-0.4, -0.2) is 19.9 Å². The van der Waals surface area contributed by atoms with Crippen LogP contribution in [0, 0.1) is 0 Å². The Kier molecular flexibility index (Phi) is 3.36. The lowest BCUT2D eigenvalue weighted by atomic mass is 10.2. The quantitative estimate of drug-likeness (QED) is 0.849. The SMILES string of the molecule is O=S(=O)(CBr)NCc1ccc2c(c1)OCO2. The molecule has 0 fully saturated rings. The highest BCUT2D eigenvalue weighted by Gasteiger charge is 2.14. The fourth-order valence-electron chi connectivity index (χ4n) is 1.28. The van der Waals surface area contributed by atoms with Crippen LogP contribution in [0.25, 0.3) is 0 Å². The first-order chi connectivity index (χ1) is 7.61. The molecule has 88 valence electrons. The second-order valence-electron chi connectivity index (χ2n) is 3.23. The molecule has 0 aliphatic carbocycles. The normalized spacial score (nSPS) is 14.1. The summed E-state index contributed by atoms with van der Waals surface area (Å²) in [7, 11) is -3.24. The summed E-state index contributed by atoms with van der Waals surface area (Å²) < 4.78 is 35.1. The first kappa shape index (κ1) is 11.7. The van der Waals surface area contributed by atoms with Gasteiger partial charge in [0.15, 0.2) is 11.5 Å². The van der Waals surface area contributed by atoms with E-state index in [4.69, 9.17) is 9.47 Å². The van der Waals surface area contributed by atoms with E-state index in [0.29, 0.717) is 11.5 Å². The van der Waals surface area contributed by atoms with Gasteiger partial charge in [0, 0.05) is 6.54 Å². The average molecular weight is 308 g/mol. The third-order valence-electron chi connectivity index (χ3n) is 2.08. The lowest BCUT2D eigenvalue weighted by Gasteiger charge is -2.04. The van der Waals surface area contributed by atoms with Crippen LogP contribution in [0.15, 0.2) is 18.2 Å². The molecule has 0 unspecified atom stereocenters. The van der Waals surface area contributed by atoms with Crippen molar-refractivity contribution in [1.29, 1.82) is 0 Å². The zero-order valence-electron chi connectivity index (χ0n) is 8.27. The van der Waals surface area contributed by atoms with Gasteiger partial charge >= 0.3 is 0 Å². The second-order valence-corrected chi connectivity index (χ2v) is 6.34. The Labute approximate surface area is 102 Å². The summed E-state index contributed by atoms with van der Waals surface area (Å²) in [5.41, 5.74) is 0.828. The fraction of sp³-hybridized carbons (Fsp3) is 0.333. The monoisotopic (exact) mass is 307 g/mol. The molecule has 16 heavy (non-hydrogen) atoms. The Bertz CT molecular complexity index is 488. The van der Waals surface area contributed by atoms with Gasteiger partial charge in [-0.25, -0.2) is 13.1 Å². The smallest absolute Gasteiger partial charge is 0.231 e. The molecule has 0 saturated carbocycles. The van der Waals surface area contributed by atoms with Gasteiger partial charge in [-0.1, -0.05) is 22.0 Å². The van der Waals surface area contributed by atoms with E-state index in [0.717, 1.165) is 5.56 Å². The van der Waals surface area contributed by atoms with E-state index in [1.807, 2.05) is 0 Å².